The topological polar surface area (TPSA) is 67.9 Å². The van der Waals surface area contributed by atoms with Gasteiger partial charge in [0.1, 0.15) is 19.3 Å². The Kier molecular flexibility index (Phi) is 8.56. The van der Waals surface area contributed by atoms with Crippen LogP contribution in [0.1, 0.15) is 44.7 Å². The minimum atomic E-state index is -0.573. The van der Waals surface area contributed by atoms with Gasteiger partial charge in [0, 0.05) is 23.5 Å². The predicted octanol–water partition coefficient (Wildman–Crippen LogP) is 4.48. The number of aryl methyl sites for hydroxylation is 1. The fourth-order valence-electron chi connectivity index (χ4n) is 3.52. The van der Waals surface area contributed by atoms with E-state index < -0.39 is 6.04 Å². The third-order valence-corrected chi connectivity index (χ3v) is 6.14. The summed E-state index contributed by atoms with van der Waals surface area (Å²) in [6, 6.07) is 13.1. The third-order valence-electron chi connectivity index (χ3n) is 5.64. The Morgan fingerprint density at radius 1 is 1.06 bits per heavy atom. The van der Waals surface area contributed by atoms with E-state index in [9.17, 15) is 9.59 Å². The number of halogens is 1. The number of hydrogen-bond acceptors (Lipinski definition) is 4. The number of rotatable bonds is 9. The Bertz CT molecular complexity index is 949. The molecular formula is C25H31BrN2O4. The molecular weight excluding hydrogens is 472 g/mol. The lowest BCUT2D eigenvalue weighted by Gasteiger charge is -2.30. The van der Waals surface area contributed by atoms with Crippen LogP contribution in [-0.4, -0.2) is 42.0 Å². The van der Waals surface area contributed by atoms with Gasteiger partial charge in [0.05, 0.1) is 0 Å². The fourth-order valence-corrected chi connectivity index (χ4v) is 3.96. The monoisotopic (exact) mass is 502 g/mol. The molecule has 0 saturated heterocycles. The van der Waals surface area contributed by atoms with E-state index in [4.69, 9.17) is 9.47 Å². The molecule has 7 heteroatoms. The van der Waals surface area contributed by atoms with E-state index in [1.807, 2.05) is 56.3 Å². The SMILES string of the molecule is CCC(C)NC(=O)C(C)N(Cc1cccc(Br)c1)C(=O)CCc1ccc2c(c1)OCCO2. The van der Waals surface area contributed by atoms with E-state index in [2.05, 4.69) is 21.2 Å². The fraction of sp³-hybridized carbons (Fsp3) is 0.440. The van der Waals surface area contributed by atoms with Gasteiger partial charge in [-0.05, 0) is 62.1 Å². The summed E-state index contributed by atoms with van der Waals surface area (Å²) in [4.78, 5) is 27.7. The van der Waals surface area contributed by atoms with Crippen LogP contribution in [0, 0.1) is 0 Å². The molecule has 0 fully saturated rings. The van der Waals surface area contributed by atoms with Gasteiger partial charge in [-0.15, -0.1) is 0 Å². The van der Waals surface area contributed by atoms with Crippen LogP contribution in [0.5, 0.6) is 11.5 Å². The van der Waals surface area contributed by atoms with Crippen LogP contribution in [0.4, 0.5) is 0 Å². The second-order valence-electron chi connectivity index (χ2n) is 8.12. The summed E-state index contributed by atoms with van der Waals surface area (Å²) in [5.41, 5.74) is 1.97. The Balaban J connectivity index is 1.72. The first kappa shape index (κ1) is 24.1. The summed E-state index contributed by atoms with van der Waals surface area (Å²) >= 11 is 3.48. The maximum absolute atomic E-state index is 13.3. The molecule has 2 aromatic carbocycles. The molecule has 0 aliphatic carbocycles. The number of carbonyl (C=O) groups excluding carboxylic acids is 2. The maximum atomic E-state index is 13.3. The predicted molar refractivity (Wildman–Crippen MR) is 128 cm³/mol. The molecule has 0 spiro atoms. The van der Waals surface area contributed by atoms with Crippen LogP contribution < -0.4 is 14.8 Å². The summed E-state index contributed by atoms with van der Waals surface area (Å²) in [5.74, 6) is 1.25. The van der Waals surface area contributed by atoms with Crippen molar-refractivity contribution in [2.45, 2.75) is 58.7 Å². The van der Waals surface area contributed by atoms with Crippen LogP contribution in [0.3, 0.4) is 0 Å². The summed E-state index contributed by atoms with van der Waals surface area (Å²) in [5, 5.41) is 3.00. The summed E-state index contributed by atoms with van der Waals surface area (Å²) in [6.07, 6.45) is 1.70. The molecule has 2 unspecified atom stereocenters. The van der Waals surface area contributed by atoms with Crippen LogP contribution in [0.2, 0.25) is 0 Å². The highest BCUT2D eigenvalue weighted by atomic mass is 79.9. The van der Waals surface area contributed by atoms with E-state index in [0.717, 1.165) is 27.8 Å². The van der Waals surface area contributed by atoms with Gasteiger partial charge in [-0.25, -0.2) is 0 Å². The van der Waals surface area contributed by atoms with E-state index in [1.54, 1.807) is 11.8 Å². The number of carbonyl (C=O) groups is 2. The number of amides is 2. The summed E-state index contributed by atoms with van der Waals surface area (Å²) in [6.45, 7) is 7.22. The largest absolute Gasteiger partial charge is 0.486 e. The van der Waals surface area contributed by atoms with Crippen molar-refractivity contribution in [3.63, 3.8) is 0 Å². The van der Waals surface area contributed by atoms with Crippen molar-refractivity contribution >= 4 is 27.7 Å². The Morgan fingerprint density at radius 3 is 2.53 bits per heavy atom. The van der Waals surface area contributed by atoms with Gasteiger partial charge in [0.15, 0.2) is 11.5 Å². The van der Waals surface area contributed by atoms with Crippen molar-refractivity contribution in [1.82, 2.24) is 10.2 Å². The Morgan fingerprint density at radius 2 is 1.81 bits per heavy atom. The molecule has 2 atom stereocenters. The number of hydrogen-bond donors (Lipinski definition) is 1. The van der Waals surface area contributed by atoms with Gasteiger partial charge >= 0.3 is 0 Å². The molecule has 1 N–H and O–H groups in total. The van der Waals surface area contributed by atoms with Crippen molar-refractivity contribution in [3.8, 4) is 11.5 Å². The zero-order valence-electron chi connectivity index (χ0n) is 18.9. The lowest BCUT2D eigenvalue weighted by molar-refractivity contribution is -0.140. The number of benzene rings is 2. The van der Waals surface area contributed by atoms with E-state index in [1.165, 1.54) is 0 Å². The molecule has 3 rings (SSSR count). The number of nitrogens with one attached hydrogen (secondary N) is 1. The zero-order chi connectivity index (χ0) is 23.1. The minimum Gasteiger partial charge on any atom is -0.486 e. The summed E-state index contributed by atoms with van der Waals surface area (Å²) < 4.78 is 12.2. The second kappa shape index (κ2) is 11.4. The molecule has 1 aliphatic rings. The highest BCUT2D eigenvalue weighted by Gasteiger charge is 2.26. The van der Waals surface area contributed by atoms with Crippen molar-refractivity contribution in [3.05, 3.63) is 58.1 Å². The molecule has 172 valence electrons. The van der Waals surface area contributed by atoms with Crippen LogP contribution >= 0.6 is 15.9 Å². The average molecular weight is 503 g/mol. The molecule has 1 heterocycles. The van der Waals surface area contributed by atoms with Crippen LogP contribution in [0.15, 0.2) is 46.9 Å². The van der Waals surface area contributed by atoms with Gasteiger partial charge in [0.25, 0.3) is 0 Å². The number of ether oxygens (including phenoxy) is 2. The van der Waals surface area contributed by atoms with Gasteiger partial charge in [0.2, 0.25) is 11.8 Å². The van der Waals surface area contributed by atoms with Crippen molar-refractivity contribution in [2.75, 3.05) is 13.2 Å². The first-order chi connectivity index (χ1) is 15.4. The maximum Gasteiger partial charge on any atom is 0.242 e. The van der Waals surface area contributed by atoms with Gasteiger partial charge < -0.3 is 19.7 Å². The van der Waals surface area contributed by atoms with E-state index >= 15 is 0 Å². The second-order valence-corrected chi connectivity index (χ2v) is 9.04. The van der Waals surface area contributed by atoms with Crippen molar-refractivity contribution in [2.24, 2.45) is 0 Å². The van der Waals surface area contributed by atoms with Crippen LogP contribution in [-0.2, 0) is 22.6 Å². The van der Waals surface area contributed by atoms with Gasteiger partial charge in [-0.3, -0.25) is 9.59 Å². The van der Waals surface area contributed by atoms with Crippen molar-refractivity contribution < 1.29 is 19.1 Å². The lowest BCUT2D eigenvalue weighted by atomic mass is 10.1. The quantitative estimate of drug-likeness (QED) is 0.548. The summed E-state index contributed by atoms with van der Waals surface area (Å²) in [7, 11) is 0. The zero-order valence-corrected chi connectivity index (χ0v) is 20.5. The molecule has 2 aromatic rings. The molecule has 0 radical (unpaired) electrons. The molecule has 1 aliphatic heterocycles. The average Bonchev–Trinajstić information content (AvgIpc) is 2.80. The molecule has 0 bridgehead atoms. The van der Waals surface area contributed by atoms with E-state index in [0.29, 0.717) is 38.3 Å². The van der Waals surface area contributed by atoms with Crippen LogP contribution in [0.25, 0.3) is 0 Å². The highest BCUT2D eigenvalue weighted by Crippen LogP contribution is 2.31. The number of nitrogens with zero attached hydrogens (tertiary/aromatic N) is 1. The highest BCUT2D eigenvalue weighted by molar-refractivity contribution is 9.10. The van der Waals surface area contributed by atoms with Gasteiger partial charge in [-0.1, -0.05) is 41.1 Å². The molecule has 0 saturated carbocycles. The van der Waals surface area contributed by atoms with Gasteiger partial charge in [-0.2, -0.15) is 0 Å². The van der Waals surface area contributed by atoms with Crippen molar-refractivity contribution in [1.29, 1.82) is 0 Å². The standard InChI is InChI=1S/C25H31BrN2O4/c1-4-17(2)27-25(30)18(3)28(16-20-6-5-7-21(26)14-20)24(29)11-9-19-8-10-22-23(15-19)32-13-12-31-22/h5-8,10,14-15,17-18H,4,9,11-13,16H2,1-3H3,(H,27,30). The smallest absolute Gasteiger partial charge is 0.242 e. The Hall–Kier alpha value is -2.54. The molecule has 2 amide bonds. The molecule has 6 nitrogen and oxygen atoms in total. The molecule has 32 heavy (non-hydrogen) atoms. The molecule has 0 aromatic heterocycles. The first-order valence-corrected chi connectivity index (χ1v) is 11.9. The van der Waals surface area contributed by atoms with E-state index in [-0.39, 0.29) is 17.9 Å². The first-order valence-electron chi connectivity index (χ1n) is 11.1. The normalized spacial score (nSPS) is 14.4. The number of fused-ring (bicyclic) bond motifs is 1. The third kappa shape index (κ3) is 6.48. The lowest BCUT2D eigenvalue weighted by Crippen LogP contribution is -2.49. The Labute approximate surface area is 198 Å². The minimum absolute atomic E-state index is 0.0606.